The minimum absolute atomic E-state index is 0.322. The quantitative estimate of drug-likeness (QED) is 0.500. The molecule has 0 radical (unpaired) electrons. The Hall–Kier alpha value is -2.06. The summed E-state index contributed by atoms with van der Waals surface area (Å²) in [7, 11) is -3.35. The largest absolute Gasteiger partial charge is 0.370 e. The molecule has 3 aromatic rings. The van der Waals surface area contributed by atoms with Crippen LogP contribution in [0.25, 0.3) is 0 Å². The molecule has 0 unspecified atom stereocenters. The van der Waals surface area contributed by atoms with Gasteiger partial charge in [0.25, 0.3) is 7.37 Å². The van der Waals surface area contributed by atoms with Gasteiger partial charge in [-0.25, -0.2) is 0 Å². The van der Waals surface area contributed by atoms with E-state index in [2.05, 4.69) is 5.32 Å². The van der Waals surface area contributed by atoms with Crippen molar-refractivity contribution in [2.45, 2.75) is 12.7 Å². The van der Waals surface area contributed by atoms with Gasteiger partial charge in [0.15, 0.2) is 0 Å². The fourth-order valence-corrected chi connectivity index (χ4v) is 5.86. The normalized spacial score (nSPS) is 14.4. The van der Waals surface area contributed by atoms with Crippen molar-refractivity contribution in [3.8, 4) is 0 Å². The standard InChI is InChI=1S/C21H21ClNO2P/c1-2-25-26(24,20-16-10-9-15-19(20)22)21(17-11-5-3-6-12-17)23-18-13-7-4-8-14-18/h3-16,21,23H,2H2,1H3/t21-,26-/m0/s1. The molecule has 0 bridgehead atoms. The fourth-order valence-electron chi connectivity index (χ4n) is 2.87. The Balaban J connectivity index is 2.14. The van der Waals surface area contributed by atoms with Crippen LogP contribution in [0.1, 0.15) is 18.3 Å². The minimum Gasteiger partial charge on any atom is -0.370 e. The van der Waals surface area contributed by atoms with Crippen LogP contribution in [-0.2, 0) is 9.09 Å². The topological polar surface area (TPSA) is 38.3 Å². The van der Waals surface area contributed by atoms with E-state index in [4.69, 9.17) is 16.1 Å². The van der Waals surface area contributed by atoms with E-state index in [1.54, 1.807) is 12.1 Å². The zero-order valence-corrected chi connectivity index (χ0v) is 16.2. The van der Waals surface area contributed by atoms with Crippen molar-refractivity contribution in [3.63, 3.8) is 0 Å². The predicted octanol–water partition coefficient (Wildman–Crippen LogP) is 6.09. The van der Waals surface area contributed by atoms with E-state index in [1.807, 2.05) is 79.7 Å². The summed E-state index contributed by atoms with van der Waals surface area (Å²) in [5.74, 6) is -0.550. The SMILES string of the molecule is CCO[P@@](=O)(c1ccccc1Cl)[C@H](Nc1ccccc1)c1ccccc1. The number of benzene rings is 3. The lowest BCUT2D eigenvalue weighted by Gasteiger charge is -2.30. The molecule has 0 aliphatic carbocycles. The molecular formula is C21H21ClNO2P. The number of hydrogen-bond donors (Lipinski definition) is 1. The Kier molecular flexibility index (Phi) is 6.16. The maximum atomic E-state index is 14.2. The average Bonchev–Trinajstić information content (AvgIpc) is 2.68. The Morgan fingerprint density at radius 1 is 0.923 bits per heavy atom. The van der Waals surface area contributed by atoms with Crippen LogP contribution in [-0.4, -0.2) is 6.61 Å². The summed E-state index contributed by atoms with van der Waals surface area (Å²) in [6.07, 6.45) is 0. The van der Waals surface area contributed by atoms with Gasteiger partial charge >= 0.3 is 0 Å². The van der Waals surface area contributed by atoms with Gasteiger partial charge in [-0.05, 0) is 36.8 Å². The van der Waals surface area contributed by atoms with Gasteiger partial charge in [-0.15, -0.1) is 0 Å². The first-order valence-electron chi connectivity index (χ1n) is 8.51. The molecule has 0 fully saturated rings. The first-order chi connectivity index (χ1) is 12.6. The van der Waals surface area contributed by atoms with E-state index in [-0.39, 0.29) is 0 Å². The molecule has 0 heterocycles. The molecule has 3 aromatic carbocycles. The van der Waals surface area contributed by atoms with Crippen molar-refractivity contribution in [2.24, 2.45) is 0 Å². The van der Waals surface area contributed by atoms with Crippen LogP contribution in [0.5, 0.6) is 0 Å². The van der Waals surface area contributed by atoms with Gasteiger partial charge in [0, 0.05) is 5.69 Å². The molecule has 2 atom stereocenters. The smallest absolute Gasteiger partial charge is 0.259 e. The third-order valence-electron chi connectivity index (χ3n) is 4.04. The second kappa shape index (κ2) is 8.55. The molecule has 134 valence electrons. The molecule has 0 aliphatic heterocycles. The molecule has 26 heavy (non-hydrogen) atoms. The molecule has 5 heteroatoms. The maximum Gasteiger partial charge on any atom is 0.259 e. The minimum atomic E-state index is -3.35. The van der Waals surface area contributed by atoms with Crippen LogP contribution in [0.3, 0.4) is 0 Å². The van der Waals surface area contributed by atoms with E-state index in [1.165, 1.54) is 0 Å². The Labute approximate surface area is 159 Å². The fraction of sp³-hybridized carbons (Fsp3) is 0.143. The summed E-state index contributed by atoms with van der Waals surface area (Å²) in [5.41, 5.74) is 1.75. The first kappa shape index (κ1) is 18.7. The number of anilines is 1. The molecule has 3 nitrogen and oxygen atoms in total. The zero-order valence-electron chi connectivity index (χ0n) is 14.5. The maximum absolute atomic E-state index is 14.2. The van der Waals surface area contributed by atoms with Crippen LogP contribution in [0.2, 0.25) is 5.02 Å². The zero-order chi connectivity index (χ0) is 18.4. The summed E-state index contributed by atoms with van der Waals surface area (Å²) in [6, 6.07) is 26.6. The van der Waals surface area contributed by atoms with Gasteiger partial charge in [0.1, 0.15) is 5.78 Å². The molecular weight excluding hydrogens is 365 g/mol. The van der Waals surface area contributed by atoms with Gasteiger partial charge in [0.2, 0.25) is 0 Å². The predicted molar refractivity (Wildman–Crippen MR) is 110 cm³/mol. The third kappa shape index (κ3) is 4.02. The average molecular weight is 386 g/mol. The molecule has 0 saturated carbocycles. The molecule has 0 spiro atoms. The molecule has 3 rings (SSSR count). The first-order valence-corrected chi connectivity index (χ1v) is 10.6. The van der Waals surface area contributed by atoms with Crippen molar-refractivity contribution < 1.29 is 9.09 Å². The van der Waals surface area contributed by atoms with Crippen LogP contribution in [0.4, 0.5) is 5.69 Å². The lowest BCUT2D eigenvalue weighted by Crippen LogP contribution is -2.21. The monoisotopic (exact) mass is 385 g/mol. The van der Waals surface area contributed by atoms with E-state index in [0.717, 1.165) is 11.3 Å². The van der Waals surface area contributed by atoms with Crippen molar-refractivity contribution >= 4 is 30.0 Å². The highest BCUT2D eigenvalue weighted by Crippen LogP contribution is 2.59. The second-order valence-electron chi connectivity index (χ2n) is 5.79. The summed E-state index contributed by atoms with van der Waals surface area (Å²) >= 11 is 6.40. The number of nitrogens with one attached hydrogen (secondary N) is 1. The highest BCUT2D eigenvalue weighted by molar-refractivity contribution is 7.67. The van der Waals surface area contributed by atoms with Crippen LogP contribution < -0.4 is 10.6 Å². The summed E-state index contributed by atoms with van der Waals surface area (Å²) < 4.78 is 20.1. The lowest BCUT2D eigenvalue weighted by molar-refractivity contribution is 0.335. The molecule has 0 aromatic heterocycles. The van der Waals surface area contributed by atoms with E-state index in [0.29, 0.717) is 16.9 Å². The van der Waals surface area contributed by atoms with Crippen molar-refractivity contribution in [2.75, 3.05) is 11.9 Å². The third-order valence-corrected chi connectivity index (χ3v) is 7.31. The van der Waals surface area contributed by atoms with Crippen LogP contribution in [0.15, 0.2) is 84.9 Å². The summed E-state index contributed by atoms with van der Waals surface area (Å²) in [5, 5.41) is 4.37. The summed E-state index contributed by atoms with van der Waals surface area (Å²) in [4.78, 5) is 0. The van der Waals surface area contributed by atoms with Crippen LogP contribution in [0, 0.1) is 0 Å². The van der Waals surface area contributed by atoms with Gasteiger partial charge in [0.05, 0.1) is 16.9 Å². The molecule has 1 N–H and O–H groups in total. The Bertz CT molecular complexity index is 887. The summed E-state index contributed by atoms with van der Waals surface area (Å²) in [6.45, 7) is 2.16. The van der Waals surface area contributed by atoms with Gasteiger partial charge in [-0.1, -0.05) is 72.3 Å². The van der Waals surface area contributed by atoms with E-state index in [9.17, 15) is 4.57 Å². The number of rotatable bonds is 7. The second-order valence-corrected chi connectivity index (χ2v) is 8.65. The van der Waals surface area contributed by atoms with Crippen molar-refractivity contribution in [1.29, 1.82) is 0 Å². The van der Waals surface area contributed by atoms with Gasteiger partial charge in [-0.2, -0.15) is 0 Å². The number of hydrogen-bond acceptors (Lipinski definition) is 3. The lowest BCUT2D eigenvalue weighted by atomic mass is 10.2. The molecule has 0 amide bonds. The van der Waals surface area contributed by atoms with E-state index >= 15 is 0 Å². The number of halogens is 1. The van der Waals surface area contributed by atoms with E-state index < -0.39 is 13.2 Å². The Morgan fingerprint density at radius 2 is 1.50 bits per heavy atom. The highest BCUT2D eigenvalue weighted by atomic mass is 35.5. The van der Waals surface area contributed by atoms with Gasteiger partial charge < -0.3 is 9.84 Å². The van der Waals surface area contributed by atoms with Crippen molar-refractivity contribution in [1.82, 2.24) is 0 Å². The Morgan fingerprint density at radius 3 is 2.12 bits per heavy atom. The highest BCUT2D eigenvalue weighted by Gasteiger charge is 2.38. The molecule has 0 aliphatic rings. The van der Waals surface area contributed by atoms with Gasteiger partial charge in [-0.3, -0.25) is 4.57 Å². The van der Waals surface area contributed by atoms with Crippen molar-refractivity contribution in [3.05, 3.63) is 95.5 Å². The van der Waals surface area contributed by atoms with Crippen LogP contribution >= 0.6 is 19.0 Å². The molecule has 0 saturated heterocycles. The number of para-hydroxylation sites is 1.